The molecule has 7 heteroatoms. The van der Waals surface area contributed by atoms with Crippen LogP contribution in [-0.4, -0.2) is 15.5 Å². The Morgan fingerprint density at radius 1 is 1.26 bits per heavy atom. The molecule has 0 aliphatic heterocycles. The van der Waals surface area contributed by atoms with E-state index in [1.807, 2.05) is 18.2 Å². The third kappa shape index (κ3) is 3.57. The second kappa shape index (κ2) is 7.33. The van der Waals surface area contributed by atoms with Crippen LogP contribution in [0.15, 0.2) is 47.5 Å². The number of hydrogen-bond acceptors (Lipinski definition) is 3. The Morgan fingerprint density at radius 3 is 2.93 bits per heavy atom. The standard InChI is InChI=1S/C20H17Cl2N3O2/c21-13-8-15-19(16(22)9-13)23-11-25(20(15)27)10-18(26)24-17-7-3-5-12-4-1-2-6-14(12)17/h1-2,4,6,8-9,11,17H,3,5,7,10H2,(H,24,26)/t17-/m0/s1. The Balaban J connectivity index is 1.57. The van der Waals surface area contributed by atoms with Gasteiger partial charge in [-0.3, -0.25) is 14.2 Å². The van der Waals surface area contributed by atoms with Gasteiger partial charge in [0.2, 0.25) is 5.91 Å². The van der Waals surface area contributed by atoms with Crippen molar-refractivity contribution in [3.8, 4) is 0 Å². The van der Waals surface area contributed by atoms with Crippen LogP contribution >= 0.6 is 23.2 Å². The average Bonchev–Trinajstić information content (AvgIpc) is 2.65. The molecular weight excluding hydrogens is 385 g/mol. The van der Waals surface area contributed by atoms with Gasteiger partial charge in [0, 0.05) is 5.02 Å². The van der Waals surface area contributed by atoms with Gasteiger partial charge < -0.3 is 5.32 Å². The maximum atomic E-state index is 12.7. The Labute approximate surface area is 165 Å². The van der Waals surface area contributed by atoms with Gasteiger partial charge in [-0.2, -0.15) is 0 Å². The van der Waals surface area contributed by atoms with E-state index < -0.39 is 0 Å². The molecule has 1 aliphatic rings. The molecule has 0 radical (unpaired) electrons. The van der Waals surface area contributed by atoms with Crippen molar-refractivity contribution in [3.05, 3.63) is 74.3 Å². The van der Waals surface area contributed by atoms with Crippen LogP contribution < -0.4 is 10.9 Å². The molecule has 0 fully saturated rings. The summed E-state index contributed by atoms with van der Waals surface area (Å²) >= 11 is 12.1. The summed E-state index contributed by atoms with van der Waals surface area (Å²) in [5.74, 6) is -0.229. The van der Waals surface area contributed by atoms with E-state index >= 15 is 0 Å². The van der Waals surface area contributed by atoms with Gasteiger partial charge in [-0.1, -0.05) is 47.5 Å². The molecule has 0 saturated carbocycles. The lowest BCUT2D eigenvalue weighted by Gasteiger charge is -2.26. The van der Waals surface area contributed by atoms with Crippen molar-refractivity contribution in [1.82, 2.24) is 14.9 Å². The highest BCUT2D eigenvalue weighted by Crippen LogP contribution is 2.29. The predicted molar refractivity (Wildman–Crippen MR) is 106 cm³/mol. The van der Waals surface area contributed by atoms with Crippen molar-refractivity contribution in [2.75, 3.05) is 0 Å². The fourth-order valence-electron chi connectivity index (χ4n) is 3.61. The lowest BCUT2D eigenvalue weighted by atomic mass is 9.88. The van der Waals surface area contributed by atoms with Gasteiger partial charge in [-0.05, 0) is 42.5 Å². The molecule has 3 aromatic rings. The summed E-state index contributed by atoms with van der Waals surface area (Å²) in [7, 11) is 0. The molecule has 0 saturated heterocycles. The zero-order chi connectivity index (χ0) is 19.0. The summed E-state index contributed by atoms with van der Waals surface area (Å²) < 4.78 is 1.28. The highest BCUT2D eigenvalue weighted by molar-refractivity contribution is 6.38. The highest BCUT2D eigenvalue weighted by Gasteiger charge is 2.21. The van der Waals surface area contributed by atoms with Crippen molar-refractivity contribution in [2.24, 2.45) is 0 Å². The first-order valence-electron chi connectivity index (χ1n) is 8.74. The van der Waals surface area contributed by atoms with Crippen molar-refractivity contribution < 1.29 is 4.79 Å². The first kappa shape index (κ1) is 18.0. The van der Waals surface area contributed by atoms with Gasteiger partial charge >= 0.3 is 0 Å². The molecule has 1 amide bonds. The van der Waals surface area contributed by atoms with Crippen molar-refractivity contribution in [3.63, 3.8) is 0 Å². The van der Waals surface area contributed by atoms with E-state index in [0.29, 0.717) is 20.9 Å². The van der Waals surface area contributed by atoms with Gasteiger partial charge in [0.25, 0.3) is 5.56 Å². The molecular formula is C20H17Cl2N3O2. The number of aryl methyl sites for hydroxylation is 1. The topological polar surface area (TPSA) is 64.0 Å². The van der Waals surface area contributed by atoms with Gasteiger partial charge in [0.1, 0.15) is 6.54 Å². The zero-order valence-electron chi connectivity index (χ0n) is 14.4. The van der Waals surface area contributed by atoms with E-state index in [9.17, 15) is 9.59 Å². The minimum atomic E-state index is -0.344. The molecule has 0 unspecified atom stereocenters. The summed E-state index contributed by atoms with van der Waals surface area (Å²) in [5.41, 5.74) is 2.45. The summed E-state index contributed by atoms with van der Waals surface area (Å²) in [6.07, 6.45) is 4.28. The third-order valence-corrected chi connectivity index (χ3v) is 5.37. The molecule has 1 heterocycles. The quantitative estimate of drug-likeness (QED) is 0.723. The van der Waals surface area contributed by atoms with Crippen LogP contribution in [0.25, 0.3) is 10.9 Å². The van der Waals surface area contributed by atoms with Crippen LogP contribution in [0.4, 0.5) is 0 Å². The zero-order valence-corrected chi connectivity index (χ0v) is 15.9. The van der Waals surface area contributed by atoms with E-state index in [1.165, 1.54) is 28.6 Å². The van der Waals surface area contributed by atoms with E-state index in [-0.39, 0.29) is 24.1 Å². The minimum Gasteiger partial charge on any atom is -0.348 e. The number of rotatable bonds is 3. The Morgan fingerprint density at radius 2 is 2.07 bits per heavy atom. The maximum absolute atomic E-state index is 12.7. The van der Waals surface area contributed by atoms with E-state index in [0.717, 1.165) is 24.8 Å². The Hall–Kier alpha value is -2.37. The molecule has 0 bridgehead atoms. The molecule has 138 valence electrons. The molecule has 2 aromatic carbocycles. The summed E-state index contributed by atoms with van der Waals surface area (Å²) in [4.78, 5) is 29.5. The largest absolute Gasteiger partial charge is 0.348 e. The maximum Gasteiger partial charge on any atom is 0.261 e. The first-order chi connectivity index (χ1) is 13.0. The van der Waals surface area contributed by atoms with Crippen LogP contribution in [0.5, 0.6) is 0 Å². The number of aromatic nitrogens is 2. The number of nitrogens with one attached hydrogen (secondary N) is 1. The molecule has 4 rings (SSSR count). The van der Waals surface area contributed by atoms with Gasteiger partial charge in [-0.15, -0.1) is 0 Å². The number of amides is 1. The number of hydrogen-bond donors (Lipinski definition) is 1. The smallest absolute Gasteiger partial charge is 0.261 e. The normalized spacial score (nSPS) is 16.1. The molecule has 0 spiro atoms. The number of benzene rings is 2. The molecule has 1 aliphatic carbocycles. The van der Waals surface area contributed by atoms with Crippen molar-refractivity contribution in [1.29, 1.82) is 0 Å². The summed E-state index contributed by atoms with van der Waals surface area (Å²) in [6.45, 7) is -0.107. The molecule has 5 nitrogen and oxygen atoms in total. The molecule has 1 aromatic heterocycles. The molecule has 1 N–H and O–H groups in total. The fraction of sp³-hybridized carbons (Fsp3) is 0.250. The van der Waals surface area contributed by atoms with Crippen molar-refractivity contribution >= 4 is 40.0 Å². The van der Waals surface area contributed by atoms with E-state index in [2.05, 4.69) is 16.4 Å². The number of fused-ring (bicyclic) bond motifs is 2. The van der Waals surface area contributed by atoms with Gasteiger partial charge in [0.05, 0.1) is 28.3 Å². The van der Waals surface area contributed by atoms with Crippen LogP contribution in [-0.2, 0) is 17.8 Å². The van der Waals surface area contributed by atoms with Gasteiger partial charge in [-0.25, -0.2) is 4.98 Å². The molecule has 1 atom stereocenters. The van der Waals surface area contributed by atoms with Crippen LogP contribution in [0.2, 0.25) is 10.0 Å². The fourth-order valence-corrected chi connectivity index (χ4v) is 4.15. The van der Waals surface area contributed by atoms with E-state index in [1.54, 1.807) is 0 Å². The average molecular weight is 402 g/mol. The number of carbonyl (C=O) groups is 1. The number of carbonyl (C=O) groups excluding carboxylic acids is 1. The third-order valence-electron chi connectivity index (χ3n) is 4.86. The van der Waals surface area contributed by atoms with Crippen LogP contribution in [0.3, 0.4) is 0 Å². The summed E-state index contributed by atoms with van der Waals surface area (Å²) in [6, 6.07) is 11.2. The summed E-state index contributed by atoms with van der Waals surface area (Å²) in [5, 5.41) is 4.00. The number of halogens is 2. The Bertz CT molecular complexity index is 1090. The minimum absolute atomic E-state index is 0.0320. The lowest BCUT2D eigenvalue weighted by Crippen LogP contribution is -2.36. The second-order valence-corrected chi connectivity index (χ2v) is 7.52. The predicted octanol–water partition coefficient (Wildman–Crippen LogP) is 3.90. The SMILES string of the molecule is O=C(Cn1cnc2c(Cl)cc(Cl)cc2c1=O)N[C@H]1CCCc2ccccc21. The molecule has 27 heavy (non-hydrogen) atoms. The van der Waals surface area contributed by atoms with Crippen LogP contribution in [0, 0.1) is 0 Å². The number of nitrogens with zero attached hydrogens (tertiary/aromatic N) is 2. The van der Waals surface area contributed by atoms with E-state index in [4.69, 9.17) is 23.2 Å². The monoisotopic (exact) mass is 401 g/mol. The van der Waals surface area contributed by atoms with Crippen molar-refractivity contribution in [2.45, 2.75) is 31.8 Å². The highest BCUT2D eigenvalue weighted by atomic mass is 35.5. The second-order valence-electron chi connectivity index (χ2n) is 6.67. The van der Waals surface area contributed by atoms with Crippen LogP contribution in [0.1, 0.15) is 30.0 Å². The Kier molecular flexibility index (Phi) is 4.89. The lowest BCUT2D eigenvalue weighted by molar-refractivity contribution is -0.122. The van der Waals surface area contributed by atoms with Gasteiger partial charge in [0.15, 0.2) is 0 Å². The first-order valence-corrected chi connectivity index (χ1v) is 9.50.